The number of aromatic nitrogens is 1. The lowest BCUT2D eigenvalue weighted by Crippen LogP contribution is -2.10. The number of amides is 1. The number of rotatable bonds is 3. The van der Waals surface area contributed by atoms with Crippen LogP contribution in [0, 0.1) is 13.8 Å². The highest BCUT2D eigenvalue weighted by Crippen LogP contribution is 2.28. The van der Waals surface area contributed by atoms with E-state index in [2.05, 4.69) is 20.9 Å². The van der Waals surface area contributed by atoms with E-state index in [1.165, 1.54) is 6.20 Å². The van der Waals surface area contributed by atoms with Crippen LogP contribution < -0.4 is 10.5 Å². The topological polar surface area (TPSA) is 65.2 Å². The highest BCUT2D eigenvalue weighted by Gasteiger charge is 2.06. The molecule has 0 aliphatic rings. The normalized spacial score (nSPS) is 10.3. The summed E-state index contributed by atoms with van der Waals surface area (Å²) < 4.78 is 6.71. The van der Waals surface area contributed by atoms with E-state index in [0.717, 1.165) is 15.6 Å². The summed E-state index contributed by atoms with van der Waals surface area (Å²) in [5.74, 6) is 0.623. The van der Waals surface area contributed by atoms with Crippen molar-refractivity contribution in [2.75, 3.05) is 0 Å². The number of halogens is 1. The molecule has 2 rings (SSSR count). The summed E-state index contributed by atoms with van der Waals surface area (Å²) >= 11 is 3.50. The van der Waals surface area contributed by atoms with Crippen molar-refractivity contribution in [3.63, 3.8) is 0 Å². The Labute approximate surface area is 119 Å². The minimum Gasteiger partial charge on any atom is -0.439 e. The number of nitrogens with zero attached hydrogens (tertiary/aromatic N) is 1. The molecule has 0 spiro atoms. The summed E-state index contributed by atoms with van der Waals surface area (Å²) in [5.41, 5.74) is 7.68. The summed E-state index contributed by atoms with van der Waals surface area (Å²) in [7, 11) is 0. The molecule has 2 aromatic rings. The van der Waals surface area contributed by atoms with Crippen LogP contribution in [0.25, 0.3) is 0 Å². The molecule has 0 aliphatic carbocycles. The minimum atomic E-state index is -0.505. The molecule has 1 heterocycles. The summed E-state index contributed by atoms with van der Waals surface area (Å²) in [4.78, 5) is 15.0. The first kappa shape index (κ1) is 13.5. The van der Waals surface area contributed by atoms with Crippen LogP contribution in [0.15, 0.2) is 34.9 Å². The number of aryl methyl sites for hydroxylation is 2. The second-order valence-corrected chi connectivity index (χ2v) is 5.02. The van der Waals surface area contributed by atoms with Crippen molar-refractivity contribution in [3.05, 3.63) is 51.6 Å². The Hall–Kier alpha value is -1.88. The number of primary amides is 1. The third kappa shape index (κ3) is 3.12. The molecule has 0 radical (unpaired) electrons. The third-order valence-electron chi connectivity index (χ3n) is 2.65. The molecule has 4 nitrogen and oxygen atoms in total. The fourth-order valence-electron chi connectivity index (χ4n) is 1.67. The fourth-order valence-corrected chi connectivity index (χ4v) is 1.90. The largest absolute Gasteiger partial charge is 0.439 e. The summed E-state index contributed by atoms with van der Waals surface area (Å²) in [6, 6.07) is 7.04. The second-order valence-electron chi connectivity index (χ2n) is 4.22. The van der Waals surface area contributed by atoms with E-state index in [-0.39, 0.29) is 0 Å². The first-order valence-electron chi connectivity index (χ1n) is 5.68. The molecule has 2 N–H and O–H groups in total. The van der Waals surface area contributed by atoms with E-state index < -0.39 is 5.91 Å². The van der Waals surface area contributed by atoms with E-state index >= 15 is 0 Å². The molecular formula is C14H13BrN2O2. The van der Waals surface area contributed by atoms with Gasteiger partial charge in [-0.3, -0.25) is 4.79 Å². The van der Waals surface area contributed by atoms with E-state index in [4.69, 9.17) is 10.5 Å². The average molecular weight is 321 g/mol. The molecule has 98 valence electrons. The van der Waals surface area contributed by atoms with Gasteiger partial charge in [-0.15, -0.1) is 0 Å². The van der Waals surface area contributed by atoms with Crippen molar-refractivity contribution in [3.8, 4) is 11.6 Å². The van der Waals surface area contributed by atoms with Gasteiger partial charge in [0.05, 0.1) is 5.56 Å². The van der Waals surface area contributed by atoms with Crippen LogP contribution >= 0.6 is 15.9 Å². The molecule has 1 aromatic carbocycles. The van der Waals surface area contributed by atoms with Crippen LogP contribution in [0.2, 0.25) is 0 Å². The Kier molecular flexibility index (Phi) is 3.85. The monoisotopic (exact) mass is 320 g/mol. The maximum absolute atomic E-state index is 10.9. The van der Waals surface area contributed by atoms with Crippen LogP contribution in [-0.2, 0) is 0 Å². The van der Waals surface area contributed by atoms with Gasteiger partial charge in [-0.1, -0.05) is 15.9 Å². The highest BCUT2D eigenvalue weighted by atomic mass is 79.9. The summed E-state index contributed by atoms with van der Waals surface area (Å²) in [6.45, 7) is 3.99. The first-order valence-corrected chi connectivity index (χ1v) is 6.47. The second kappa shape index (κ2) is 5.40. The number of ether oxygens (including phenoxy) is 1. The predicted molar refractivity (Wildman–Crippen MR) is 76.4 cm³/mol. The van der Waals surface area contributed by atoms with E-state index in [9.17, 15) is 4.79 Å². The van der Waals surface area contributed by atoms with Crippen molar-refractivity contribution in [1.29, 1.82) is 0 Å². The zero-order valence-electron chi connectivity index (χ0n) is 10.6. The van der Waals surface area contributed by atoms with Gasteiger partial charge >= 0.3 is 0 Å². The van der Waals surface area contributed by atoms with Crippen LogP contribution in [0.5, 0.6) is 11.6 Å². The van der Waals surface area contributed by atoms with Crippen molar-refractivity contribution >= 4 is 21.8 Å². The average Bonchev–Trinajstić information content (AvgIpc) is 2.36. The standard InChI is InChI=1S/C14H13BrN2O2/c1-8-5-11(6-9(2)13(8)15)19-12-4-3-10(7-17-12)14(16)18/h3-7H,1-2H3,(H2,16,18). The fraction of sp³-hybridized carbons (Fsp3) is 0.143. The summed E-state index contributed by atoms with van der Waals surface area (Å²) in [5, 5.41) is 0. The Balaban J connectivity index is 2.24. The van der Waals surface area contributed by atoms with Crippen LogP contribution in [0.4, 0.5) is 0 Å². The van der Waals surface area contributed by atoms with Gasteiger partial charge in [0.25, 0.3) is 0 Å². The lowest BCUT2D eigenvalue weighted by Gasteiger charge is -2.09. The van der Waals surface area contributed by atoms with Crippen molar-refractivity contribution in [1.82, 2.24) is 4.98 Å². The number of nitrogens with two attached hydrogens (primary N) is 1. The molecule has 0 fully saturated rings. The quantitative estimate of drug-likeness (QED) is 0.943. The van der Waals surface area contributed by atoms with Gasteiger partial charge in [0.2, 0.25) is 11.8 Å². The molecule has 0 unspecified atom stereocenters. The Morgan fingerprint density at radius 1 is 1.26 bits per heavy atom. The van der Waals surface area contributed by atoms with Crippen molar-refractivity contribution < 1.29 is 9.53 Å². The predicted octanol–water partition coefficient (Wildman–Crippen LogP) is 3.35. The molecule has 19 heavy (non-hydrogen) atoms. The molecule has 0 saturated carbocycles. The molecule has 0 saturated heterocycles. The van der Waals surface area contributed by atoms with Crippen molar-refractivity contribution in [2.24, 2.45) is 5.73 Å². The molecule has 1 amide bonds. The van der Waals surface area contributed by atoms with E-state index in [0.29, 0.717) is 17.2 Å². The van der Waals surface area contributed by atoms with Crippen molar-refractivity contribution in [2.45, 2.75) is 13.8 Å². The Morgan fingerprint density at radius 3 is 2.37 bits per heavy atom. The van der Waals surface area contributed by atoms with Gasteiger partial charge in [-0.05, 0) is 43.2 Å². The Morgan fingerprint density at radius 2 is 1.89 bits per heavy atom. The minimum absolute atomic E-state index is 0.357. The number of hydrogen-bond donors (Lipinski definition) is 1. The highest BCUT2D eigenvalue weighted by molar-refractivity contribution is 9.10. The number of hydrogen-bond acceptors (Lipinski definition) is 3. The molecule has 0 atom stereocenters. The Bertz CT molecular complexity index is 601. The number of carbonyl (C=O) groups excluding carboxylic acids is 1. The van der Waals surface area contributed by atoms with Crippen LogP contribution in [0.3, 0.4) is 0 Å². The maximum Gasteiger partial charge on any atom is 0.250 e. The summed E-state index contributed by atoms with van der Waals surface area (Å²) in [6.07, 6.45) is 1.40. The maximum atomic E-state index is 10.9. The van der Waals surface area contributed by atoms with Gasteiger partial charge in [-0.2, -0.15) is 0 Å². The smallest absolute Gasteiger partial charge is 0.250 e. The zero-order valence-corrected chi connectivity index (χ0v) is 12.2. The molecule has 0 bridgehead atoms. The number of benzene rings is 1. The molecule has 5 heteroatoms. The lowest BCUT2D eigenvalue weighted by molar-refractivity contribution is 0.1000. The van der Waals surface area contributed by atoms with E-state index in [1.54, 1.807) is 12.1 Å². The molecular weight excluding hydrogens is 308 g/mol. The molecule has 1 aromatic heterocycles. The van der Waals surface area contributed by atoms with Gasteiger partial charge in [0, 0.05) is 16.7 Å². The SMILES string of the molecule is Cc1cc(Oc2ccc(C(N)=O)cn2)cc(C)c1Br. The lowest BCUT2D eigenvalue weighted by atomic mass is 10.1. The number of carbonyl (C=O) groups is 1. The number of pyridine rings is 1. The van der Waals surface area contributed by atoms with Crippen LogP contribution in [0.1, 0.15) is 21.5 Å². The zero-order chi connectivity index (χ0) is 14.0. The van der Waals surface area contributed by atoms with Gasteiger partial charge in [-0.25, -0.2) is 4.98 Å². The first-order chi connectivity index (χ1) is 8.97. The molecule has 0 aliphatic heterocycles. The van der Waals surface area contributed by atoms with Crippen LogP contribution in [-0.4, -0.2) is 10.9 Å². The third-order valence-corrected chi connectivity index (χ3v) is 3.90. The van der Waals surface area contributed by atoms with E-state index in [1.807, 2.05) is 26.0 Å². The van der Waals surface area contributed by atoms with Gasteiger partial charge in [0.15, 0.2) is 0 Å². The van der Waals surface area contributed by atoms with Gasteiger partial charge in [0.1, 0.15) is 5.75 Å². The van der Waals surface area contributed by atoms with Gasteiger partial charge < -0.3 is 10.5 Å².